The lowest BCUT2D eigenvalue weighted by atomic mass is 10.1. The lowest BCUT2D eigenvalue weighted by molar-refractivity contribution is 0.0785. The van der Waals surface area contributed by atoms with E-state index in [-0.39, 0.29) is 12.1 Å². The minimum atomic E-state index is 0.0233. The predicted octanol–water partition coefficient (Wildman–Crippen LogP) is 2.56. The van der Waals surface area contributed by atoms with Gasteiger partial charge in [-0.1, -0.05) is 0 Å². The van der Waals surface area contributed by atoms with Crippen LogP contribution >= 0.6 is 11.3 Å². The van der Waals surface area contributed by atoms with E-state index in [4.69, 9.17) is 4.74 Å². The molecule has 1 aliphatic heterocycles. The van der Waals surface area contributed by atoms with Gasteiger partial charge in [-0.3, -0.25) is 4.90 Å². The van der Waals surface area contributed by atoms with Crippen molar-refractivity contribution in [2.75, 3.05) is 39.3 Å². The summed E-state index contributed by atoms with van der Waals surface area (Å²) in [5, 5.41) is 7.25. The molecule has 0 saturated carbocycles. The summed E-state index contributed by atoms with van der Waals surface area (Å²) in [6.07, 6.45) is 0.207. The molecule has 1 N–H and O–H groups in total. The third-order valence-electron chi connectivity index (χ3n) is 4.00. The maximum Gasteiger partial charge on any atom is 0.317 e. The molecule has 1 aromatic rings. The van der Waals surface area contributed by atoms with E-state index in [0.717, 1.165) is 26.2 Å². The minimum absolute atomic E-state index is 0.0233. The predicted molar refractivity (Wildman–Crippen MR) is 90.4 cm³/mol. The highest BCUT2D eigenvalue weighted by molar-refractivity contribution is 7.07. The molecular weight excluding hydrogens is 298 g/mol. The van der Waals surface area contributed by atoms with Crippen molar-refractivity contribution < 1.29 is 9.53 Å². The molecular formula is C16H27N3O2S. The number of urea groups is 1. The third-order valence-corrected chi connectivity index (χ3v) is 4.71. The van der Waals surface area contributed by atoms with Crippen LogP contribution in [0.2, 0.25) is 0 Å². The summed E-state index contributed by atoms with van der Waals surface area (Å²) < 4.78 is 5.43. The number of nitrogens with one attached hydrogen (secondary N) is 1. The van der Waals surface area contributed by atoms with Crippen molar-refractivity contribution in [3.63, 3.8) is 0 Å². The molecule has 0 aliphatic carbocycles. The van der Waals surface area contributed by atoms with Crippen LogP contribution in [0, 0.1) is 0 Å². The summed E-state index contributed by atoms with van der Waals surface area (Å²) in [5.74, 6) is 0. The Hall–Kier alpha value is -1.11. The van der Waals surface area contributed by atoms with Gasteiger partial charge in [0.15, 0.2) is 0 Å². The normalized spacial score (nSPS) is 17.7. The van der Waals surface area contributed by atoms with E-state index in [0.29, 0.717) is 19.2 Å². The second kappa shape index (κ2) is 8.50. The van der Waals surface area contributed by atoms with Crippen molar-refractivity contribution in [2.45, 2.75) is 32.9 Å². The zero-order chi connectivity index (χ0) is 15.9. The van der Waals surface area contributed by atoms with Crippen LogP contribution in [0.3, 0.4) is 0 Å². The number of hydrogen-bond donors (Lipinski definition) is 1. The monoisotopic (exact) mass is 325 g/mol. The zero-order valence-electron chi connectivity index (χ0n) is 13.7. The molecule has 2 amide bonds. The van der Waals surface area contributed by atoms with E-state index in [2.05, 4.69) is 34.0 Å². The lowest BCUT2D eigenvalue weighted by Crippen LogP contribution is -2.52. The summed E-state index contributed by atoms with van der Waals surface area (Å²) in [4.78, 5) is 16.4. The number of ether oxygens (including phenoxy) is 1. The fourth-order valence-corrected chi connectivity index (χ4v) is 3.35. The first-order valence-corrected chi connectivity index (χ1v) is 8.92. The van der Waals surface area contributed by atoms with Gasteiger partial charge >= 0.3 is 6.03 Å². The SMILES string of the molecule is CC(C)OCCNC(=O)N1CCN(C(C)c2ccsc2)CC1. The molecule has 0 radical (unpaired) electrons. The van der Waals surface area contributed by atoms with Crippen molar-refractivity contribution in [1.29, 1.82) is 0 Å². The first-order valence-electron chi connectivity index (χ1n) is 7.98. The molecule has 124 valence electrons. The van der Waals surface area contributed by atoms with Crippen molar-refractivity contribution >= 4 is 17.4 Å². The fourth-order valence-electron chi connectivity index (χ4n) is 2.60. The number of carbonyl (C=O) groups excluding carboxylic acids is 1. The highest BCUT2D eigenvalue weighted by Gasteiger charge is 2.24. The third kappa shape index (κ3) is 4.97. The molecule has 6 heteroatoms. The smallest absolute Gasteiger partial charge is 0.317 e. The Morgan fingerprint density at radius 2 is 2.05 bits per heavy atom. The summed E-state index contributed by atoms with van der Waals surface area (Å²) in [7, 11) is 0. The van der Waals surface area contributed by atoms with Crippen molar-refractivity contribution in [3.05, 3.63) is 22.4 Å². The Bertz CT molecular complexity index is 442. The van der Waals surface area contributed by atoms with Gasteiger partial charge in [-0.15, -0.1) is 0 Å². The van der Waals surface area contributed by atoms with Gasteiger partial charge in [-0.25, -0.2) is 4.79 Å². The largest absolute Gasteiger partial charge is 0.377 e. The van der Waals surface area contributed by atoms with Crippen LogP contribution in [0.15, 0.2) is 16.8 Å². The van der Waals surface area contributed by atoms with Gasteiger partial charge in [0.25, 0.3) is 0 Å². The maximum atomic E-state index is 12.1. The molecule has 2 rings (SSSR count). The fraction of sp³-hybridized carbons (Fsp3) is 0.688. The topological polar surface area (TPSA) is 44.8 Å². The highest BCUT2D eigenvalue weighted by Crippen LogP contribution is 2.23. The number of thiophene rings is 1. The molecule has 0 aromatic carbocycles. The molecule has 2 heterocycles. The summed E-state index contributed by atoms with van der Waals surface area (Å²) in [6.45, 7) is 10.8. The molecule has 22 heavy (non-hydrogen) atoms. The highest BCUT2D eigenvalue weighted by atomic mass is 32.1. The first kappa shape index (κ1) is 17.2. The number of nitrogens with zero attached hydrogens (tertiary/aromatic N) is 2. The lowest BCUT2D eigenvalue weighted by Gasteiger charge is -2.37. The number of hydrogen-bond acceptors (Lipinski definition) is 4. The van der Waals surface area contributed by atoms with Crippen LogP contribution in [0.4, 0.5) is 4.79 Å². The van der Waals surface area contributed by atoms with Gasteiger partial charge in [0.2, 0.25) is 0 Å². The van der Waals surface area contributed by atoms with E-state index in [1.807, 2.05) is 18.7 Å². The van der Waals surface area contributed by atoms with E-state index >= 15 is 0 Å². The Balaban J connectivity index is 1.69. The van der Waals surface area contributed by atoms with Gasteiger partial charge < -0.3 is 15.0 Å². The summed E-state index contributed by atoms with van der Waals surface area (Å²) >= 11 is 1.74. The van der Waals surface area contributed by atoms with Gasteiger partial charge in [0.1, 0.15) is 0 Å². The van der Waals surface area contributed by atoms with Crippen LogP contribution in [0.25, 0.3) is 0 Å². The average Bonchev–Trinajstić information content (AvgIpc) is 3.05. The summed E-state index contributed by atoms with van der Waals surface area (Å²) in [5.41, 5.74) is 1.37. The molecule has 1 saturated heterocycles. The van der Waals surface area contributed by atoms with E-state index in [1.54, 1.807) is 11.3 Å². The van der Waals surface area contributed by atoms with Crippen molar-refractivity contribution in [3.8, 4) is 0 Å². The molecule has 5 nitrogen and oxygen atoms in total. The van der Waals surface area contributed by atoms with Crippen molar-refractivity contribution in [2.24, 2.45) is 0 Å². The molecule has 1 atom stereocenters. The average molecular weight is 325 g/mol. The van der Waals surface area contributed by atoms with Crippen molar-refractivity contribution in [1.82, 2.24) is 15.1 Å². The summed E-state index contributed by atoms with van der Waals surface area (Å²) in [6, 6.07) is 2.63. The molecule has 1 fully saturated rings. The van der Waals surface area contributed by atoms with E-state index < -0.39 is 0 Å². The molecule has 1 aromatic heterocycles. The molecule has 1 aliphatic rings. The number of piperazine rings is 1. The van der Waals surface area contributed by atoms with Gasteiger partial charge in [-0.2, -0.15) is 11.3 Å². The quantitative estimate of drug-likeness (QED) is 0.818. The van der Waals surface area contributed by atoms with Gasteiger partial charge in [0.05, 0.1) is 12.7 Å². The molecule has 1 unspecified atom stereocenters. The zero-order valence-corrected chi connectivity index (χ0v) is 14.6. The Kier molecular flexibility index (Phi) is 6.67. The van der Waals surface area contributed by atoms with Crippen LogP contribution in [-0.4, -0.2) is 61.3 Å². The van der Waals surface area contributed by atoms with Crippen LogP contribution in [0.5, 0.6) is 0 Å². The number of amides is 2. The van der Waals surface area contributed by atoms with Gasteiger partial charge in [-0.05, 0) is 43.2 Å². The van der Waals surface area contributed by atoms with Crippen LogP contribution in [-0.2, 0) is 4.74 Å². The van der Waals surface area contributed by atoms with Gasteiger partial charge in [0, 0.05) is 38.8 Å². The first-order chi connectivity index (χ1) is 10.6. The Morgan fingerprint density at radius 1 is 1.32 bits per heavy atom. The number of carbonyl (C=O) groups is 1. The molecule has 0 spiro atoms. The second-order valence-corrected chi connectivity index (χ2v) is 6.69. The van der Waals surface area contributed by atoms with E-state index in [9.17, 15) is 4.79 Å². The van der Waals surface area contributed by atoms with Crippen LogP contribution in [0.1, 0.15) is 32.4 Å². The Morgan fingerprint density at radius 3 is 2.64 bits per heavy atom. The maximum absolute atomic E-state index is 12.1. The number of rotatable bonds is 6. The Labute approximate surface area is 137 Å². The second-order valence-electron chi connectivity index (χ2n) is 5.91. The molecule has 0 bridgehead atoms. The van der Waals surface area contributed by atoms with Crippen LogP contribution < -0.4 is 5.32 Å². The minimum Gasteiger partial charge on any atom is -0.377 e. The standard InChI is InChI=1S/C16H27N3O2S/c1-13(2)21-10-5-17-16(20)19-8-6-18(7-9-19)14(3)15-4-11-22-12-15/h4,11-14H,5-10H2,1-3H3,(H,17,20). The van der Waals surface area contributed by atoms with E-state index in [1.165, 1.54) is 5.56 Å².